The minimum absolute atomic E-state index is 0.00606. The zero-order valence-corrected chi connectivity index (χ0v) is 7.83. The number of halogens is 3. The van der Waals surface area contributed by atoms with Crippen molar-refractivity contribution < 1.29 is 18.3 Å². The maximum Gasteiger partial charge on any atom is 0.433 e. The Bertz CT molecular complexity index is 327. The van der Waals surface area contributed by atoms with Gasteiger partial charge in [-0.1, -0.05) is 6.07 Å². The average molecular weight is 220 g/mol. The summed E-state index contributed by atoms with van der Waals surface area (Å²) in [6, 6.07) is 2.02. The molecule has 1 unspecified atom stereocenters. The Kier molecular flexibility index (Phi) is 3.65. The summed E-state index contributed by atoms with van der Waals surface area (Å²) in [5, 5.41) is 8.66. The molecule has 0 fully saturated rings. The first kappa shape index (κ1) is 11.9. The van der Waals surface area contributed by atoms with Gasteiger partial charge >= 0.3 is 6.18 Å². The van der Waals surface area contributed by atoms with Crippen LogP contribution in [0.15, 0.2) is 18.3 Å². The van der Waals surface area contributed by atoms with Crippen LogP contribution in [0.4, 0.5) is 13.2 Å². The van der Waals surface area contributed by atoms with E-state index in [4.69, 9.17) is 10.8 Å². The maximum absolute atomic E-state index is 12.4. The maximum atomic E-state index is 12.4. The Morgan fingerprint density at radius 2 is 2.13 bits per heavy atom. The van der Waals surface area contributed by atoms with Gasteiger partial charge in [0.1, 0.15) is 5.69 Å². The highest BCUT2D eigenvalue weighted by molar-refractivity contribution is 5.23. The summed E-state index contributed by atoms with van der Waals surface area (Å²) in [4.78, 5) is 3.28. The molecule has 1 rings (SSSR count). The number of aliphatic hydroxyl groups excluding tert-OH is 1. The molecule has 0 aliphatic carbocycles. The molecule has 0 saturated heterocycles. The third-order valence-electron chi connectivity index (χ3n) is 1.88. The lowest BCUT2D eigenvalue weighted by Gasteiger charge is -2.13. The van der Waals surface area contributed by atoms with Gasteiger partial charge in [0.2, 0.25) is 0 Å². The lowest BCUT2D eigenvalue weighted by molar-refractivity contribution is -0.141. The lowest BCUT2D eigenvalue weighted by Crippen LogP contribution is -2.28. The van der Waals surface area contributed by atoms with Crippen molar-refractivity contribution in [2.75, 3.05) is 6.61 Å². The minimum atomic E-state index is -4.48. The van der Waals surface area contributed by atoms with E-state index in [9.17, 15) is 13.2 Å². The van der Waals surface area contributed by atoms with Crippen LogP contribution in [-0.4, -0.2) is 22.7 Å². The van der Waals surface area contributed by atoms with Crippen molar-refractivity contribution in [3.05, 3.63) is 29.6 Å². The predicted octanol–water partition coefficient (Wildman–Crippen LogP) is 0.962. The van der Waals surface area contributed by atoms with E-state index in [2.05, 4.69) is 4.98 Å². The number of aliphatic hydroxyl groups is 1. The third kappa shape index (κ3) is 3.17. The first-order valence-electron chi connectivity index (χ1n) is 4.32. The van der Waals surface area contributed by atoms with Crippen LogP contribution in [0.5, 0.6) is 0 Å². The number of hydrogen-bond donors (Lipinski definition) is 2. The highest BCUT2D eigenvalue weighted by atomic mass is 19.4. The molecule has 0 bridgehead atoms. The molecule has 3 nitrogen and oxygen atoms in total. The molecule has 0 spiro atoms. The van der Waals surface area contributed by atoms with Crippen LogP contribution < -0.4 is 5.73 Å². The highest BCUT2D eigenvalue weighted by Gasteiger charge is 2.35. The first-order valence-corrected chi connectivity index (χ1v) is 4.32. The monoisotopic (exact) mass is 220 g/mol. The van der Waals surface area contributed by atoms with Crippen molar-refractivity contribution >= 4 is 0 Å². The molecule has 15 heavy (non-hydrogen) atoms. The number of hydrogen-bond acceptors (Lipinski definition) is 3. The Balaban J connectivity index is 2.97. The summed E-state index contributed by atoms with van der Waals surface area (Å²) in [6.07, 6.45) is -3.44. The average Bonchev–Trinajstić information content (AvgIpc) is 2.17. The van der Waals surface area contributed by atoms with E-state index >= 15 is 0 Å². The molecule has 0 amide bonds. The van der Waals surface area contributed by atoms with Crippen LogP contribution in [0.1, 0.15) is 11.3 Å². The van der Waals surface area contributed by atoms with Crippen molar-refractivity contribution in [2.24, 2.45) is 5.73 Å². The molecule has 6 heteroatoms. The van der Waals surface area contributed by atoms with Gasteiger partial charge in [-0.2, -0.15) is 13.2 Å². The quantitative estimate of drug-likeness (QED) is 0.797. The zero-order chi connectivity index (χ0) is 11.5. The third-order valence-corrected chi connectivity index (χ3v) is 1.88. The Hall–Kier alpha value is -1.14. The Morgan fingerprint density at radius 3 is 2.67 bits per heavy atom. The summed E-state index contributed by atoms with van der Waals surface area (Å²) in [5.41, 5.74) is 4.44. The number of rotatable bonds is 3. The van der Waals surface area contributed by atoms with Gasteiger partial charge in [-0.25, -0.2) is 0 Å². The molecule has 1 atom stereocenters. The van der Waals surface area contributed by atoms with E-state index in [1.165, 1.54) is 12.1 Å². The van der Waals surface area contributed by atoms with Crippen LogP contribution in [0.3, 0.4) is 0 Å². The number of alkyl halides is 3. The topological polar surface area (TPSA) is 59.1 Å². The molecular weight excluding hydrogens is 209 g/mol. The Morgan fingerprint density at radius 1 is 1.47 bits per heavy atom. The van der Waals surface area contributed by atoms with E-state index in [0.29, 0.717) is 0 Å². The second kappa shape index (κ2) is 4.59. The first-order chi connectivity index (χ1) is 6.95. The molecule has 1 aromatic heterocycles. The number of aromatic nitrogens is 1. The molecule has 0 aromatic carbocycles. The highest BCUT2D eigenvalue weighted by Crippen LogP contribution is 2.30. The molecule has 1 aromatic rings. The summed E-state index contributed by atoms with van der Waals surface area (Å²) in [6.45, 7) is -0.355. The van der Waals surface area contributed by atoms with Crippen molar-refractivity contribution in [1.82, 2.24) is 4.98 Å². The van der Waals surface area contributed by atoms with Gasteiger partial charge in [0.15, 0.2) is 0 Å². The summed E-state index contributed by atoms with van der Waals surface area (Å²) >= 11 is 0. The van der Waals surface area contributed by atoms with Crippen molar-refractivity contribution in [3.63, 3.8) is 0 Å². The fraction of sp³-hybridized carbons (Fsp3) is 0.444. The molecule has 84 valence electrons. The Labute approximate surface area is 84.7 Å². The largest absolute Gasteiger partial charge is 0.433 e. The SMILES string of the molecule is NC(CO)Cc1cccnc1C(F)(F)F. The van der Waals surface area contributed by atoms with Crippen molar-refractivity contribution in [1.29, 1.82) is 0 Å². The van der Waals surface area contributed by atoms with E-state index in [-0.39, 0.29) is 18.6 Å². The van der Waals surface area contributed by atoms with Gasteiger partial charge < -0.3 is 10.8 Å². The molecular formula is C9H11F3N2O. The van der Waals surface area contributed by atoms with Crippen LogP contribution >= 0.6 is 0 Å². The minimum Gasteiger partial charge on any atom is -0.395 e. The molecule has 3 N–H and O–H groups in total. The van der Waals surface area contributed by atoms with Crippen LogP contribution in [-0.2, 0) is 12.6 Å². The molecule has 0 aliphatic heterocycles. The van der Waals surface area contributed by atoms with Crippen molar-refractivity contribution in [3.8, 4) is 0 Å². The van der Waals surface area contributed by atoms with Gasteiger partial charge in [0.25, 0.3) is 0 Å². The number of pyridine rings is 1. The smallest absolute Gasteiger partial charge is 0.395 e. The lowest BCUT2D eigenvalue weighted by atomic mass is 10.1. The fourth-order valence-corrected chi connectivity index (χ4v) is 1.21. The van der Waals surface area contributed by atoms with Crippen LogP contribution in [0.25, 0.3) is 0 Å². The van der Waals surface area contributed by atoms with Gasteiger partial charge in [-0.15, -0.1) is 0 Å². The molecule has 0 saturated carbocycles. The molecule has 0 aliphatic rings. The van der Waals surface area contributed by atoms with Gasteiger partial charge in [-0.05, 0) is 18.1 Å². The van der Waals surface area contributed by atoms with Crippen LogP contribution in [0, 0.1) is 0 Å². The van der Waals surface area contributed by atoms with E-state index in [1.807, 2.05) is 0 Å². The molecule has 1 heterocycles. The van der Waals surface area contributed by atoms with Gasteiger partial charge in [0, 0.05) is 12.2 Å². The number of nitrogens with two attached hydrogens (primary N) is 1. The zero-order valence-electron chi connectivity index (χ0n) is 7.83. The van der Waals surface area contributed by atoms with E-state index in [1.54, 1.807) is 0 Å². The number of nitrogens with zero attached hydrogens (tertiary/aromatic N) is 1. The van der Waals surface area contributed by atoms with E-state index in [0.717, 1.165) is 6.20 Å². The van der Waals surface area contributed by atoms with Gasteiger partial charge in [-0.3, -0.25) is 4.98 Å². The summed E-state index contributed by atoms with van der Waals surface area (Å²) in [5.74, 6) is 0. The second-order valence-corrected chi connectivity index (χ2v) is 3.16. The summed E-state index contributed by atoms with van der Waals surface area (Å²) < 4.78 is 37.3. The fourth-order valence-electron chi connectivity index (χ4n) is 1.21. The predicted molar refractivity (Wildman–Crippen MR) is 48.0 cm³/mol. The standard InChI is InChI=1S/C9H11F3N2O/c10-9(11,12)8-6(2-1-3-14-8)4-7(13)5-15/h1-3,7,15H,4-5,13H2. The molecule has 0 radical (unpaired) electrons. The second-order valence-electron chi connectivity index (χ2n) is 3.16. The van der Waals surface area contributed by atoms with Crippen molar-refractivity contribution in [2.45, 2.75) is 18.6 Å². The van der Waals surface area contributed by atoms with E-state index < -0.39 is 17.9 Å². The van der Waals surface area contributed by atoms with Gasteiger partial charge in [0.05, 0.1) is 6.61 Å². The van der Waals surface area contributed by atoms with Crippen LogP contribution in [0.2, 0.25) is 0 Å². The normalized spacial score (nSPS) is 13.9. The summed E-state index contributed by atoms with van der Waals surface area (Å²) in [7, 11) is 0.